The van der Waals surface area contributed by atoms with Crippen LogP contribution in [0.25, 0.3) is 21.1 Å². The van der Waals surface area contributed by atoms with E-state index in [-0.39, 0.29) is 0 Å². The maximum absolute atomic E-state index is 5.98. The van der Waals surface area contributed by atoms with Gasteiger partial charge in [0.05, 0.1) is 0 Å². The lowest BCUT2D eigenvalue weighted by Crippen LogP contribution is -1.68. The number of hydrogen-bond acceptors (Lipinski definition) is 1. The van der Waals surface area contributed by atoms with Crippen LogP contribution < -0.4 is 0 Å². The zero-order valence-corrected chi connectivity index (χ0v) is 9.17. The molecule has 3 rings (SSSR count). The van der Waals surface area contributed by atoms with Crippen molar-refractivity contribution in [1.29, 1.82) is 0 Å². The topological polar surface area (TPSA) is 15.8 Å². The summed E-state index contributed by atoms with van der Waals surface area (Å²) in [6.07, 6.45) is 0. The van der Waals surface area contributed by atoms with Gasteiger partial charge in [0.25, 0.3) is 0 Å². The maximum Gasteiger partial charge on any atom is 0.101 e. The molecule has 0 unspecified atom stereocenters. The summed E-state index contributed by atoms with van der Waals surface area (Å²) in [7, 11) is 0. The summed E-state index contributed by atoms with van der Waals surface area (Å²) in [5, 5.41) is 5.50. The lowest BCUT2D eigenvalue weighted by molar-refractivity contribution is 1.58. The van der Waals surface area contributed by atoms with E-state index < -0.39 is 0 Å². The Morgan fingerprint density at radius 2 is 2.21 bits per heavy atom. The van der Waals surface area contributed by atoms with Crippen molar-refractivity contribution >= 4 is 44.1 Å². The molecule has 2 aromatic heterocycles. The molecule has 70 valence electrons. The number of aryl methyl sites for hydroxylation is 1. The highest BCUT2D eigenvalue weighted by molar-refractivity contribution is 7.17. The molecule has 0 radical (unpaired) electrons. The van der Waals surface area contributed by atoms with Gasteiger partial charge in [0, 0.05) is 21.3 Å². The molecular formula is C11H8ClNS. The minimum absolute atomic E-state index is 0.795. The molecule has 1 N–H and O–H groups in total. The average molecular weight is 222 g/mol. The van der Waals surface area contributed by atoms with Gasteiger partial charge in [-0.3, -0.25) is 0 Å². The van der Waals surface area contributed by atoms with Gasteiger partial charge in [-0.2, -0.15) is 0 Å². The Kier molecular flexibility index (Phi) is 1.64. The summed E-state index contributed by atoms with van der Waals surface area (Å²) in [6.45, 7) is 2.13. The quantitative estimate of drug-likeness (QED) is 0.581. The number of benzene rings is 1. The average Bonchev–Trinajstić information content (AvgIpc) is 2.67. The molecule has 0 spiro atoms. The number of rotatable bonds is 0. The number of halogens is 1. The van der Waals surface area contributed by atoms with Gasteiger partial charge < -0.3 is 4.98 Å². The SMILES string of the molecule is Cc1csc2[nH]c3ccc(Cl)cc3c12. The first kappa shape index (κ1) is 8.33. The lowest BCUT2D eigenvalue weighted by atomic mass is 10.1. The van der Waals surface area contributed by atoms with Crippen molar-refractivity contribution in [1.82, 2.24) is 4.98 Å². The lowest BCUT2D eigenvalue weighted by Gasteiger charge is -1.92. The summed E-state index contributed by atoms with van der Waals surface area (Å²) in [5.41, 5.74) is 2.48. The molecule has 1 nitrogen and oxygen atoms in total. The molecule has 0 saturated carbocycles. The Bertz CT molecular complexity index is 621. The predicted octanol–water partition coefficient (Wildman–Crippen LogP) is 4.34. The first-order valence-electron chi connectivity index (χ1n) is 4.41. The Hall–Kier alpha value is -0.990. The molecule has 0 aliphatic carbocycles. The fourth-order valence-electron chi connectivity index (χ4n) is 1.83. The second-order valence-electron chi connectivity index (χ2n) is 3.44. The first-order chi connectivity index (χ1) is 6.75. The summed E-state index contributed by atoms with van der Waals surface area (Å²) >= 11 is 7.73. The van der Waals surface area contributed by atoms with Gasteiger partial charge in [-0.15, -0.1) is 11.3 Å². The van der Waals surface area contributed by atoms with Crippen molar-refractivity contribution in [2.75, 3.05) is 0 Å². The first-order valence-corrected chi connectivity index (χ1v) is 5.66. The molecular weight excluding hydrogens is 214 g/mol. The van der Waals surface area contributed by atoms with E-state index in [0.717, 1.165) is 5.02 Å². The van der Waals surface area contributed by atoms with E-state index in [1.807, 2.05) is 18.2 Å². The van der Waals surface area contributed by atoms with Crippen molar-refractivity contribution in [2.24, 2.45) is 0 Å². The molecule has 0 saturated heterocycles. The Morgan fingerprint density at radius 1 is 1.36 bits per heavy atom. The second kappa shape index (κ2) is 2.75. The monoisotopic (exact) mass is 221 g/mol. The summed E-state index contributed by atoms with van der Waals surface area (Å²) in [6, 6.07) is 5.97. The number of nitrogens with one attached hydrogen (secondary N) is 1. The van der Waals surface area contributed by atoms with E-state index in [1.54, 1.807) is 11.3 Å². The van der Waals surface area contributed by atoms with Crippen molar-refractivity contribution in [3.05, 3.63) is 34.2 Å². The summed E-state index contributed by atoms with van der Waals surface area (Å²) in [4.78, 5) is 4.62. The van der Waals surface area contributed by atoms with Crippen LogP contribution in [0.5, 0.6) is 0 Å². The summed E-state index contributed by atoms with van der Waals surface area (Å²) < 4.78 is 0. The molecule has 0 aliphatic heterocycles. The predicted molar refractivity (Wildman–Crippen MR) is 63.4 cm³/mol. The van der Waals surface area contributed by atoms with Gasteiger partial charge >= 0.3 is 0 Å². The number of H-pyrrole nitrogens is 1. The van der Waals surface area contributed by atoms with Crippen LogP contribution in [-0.4, -0.2) is 4.98 Å². The molecule has 1 aromatic carbocycles. The Morgan fingerprint density at radius 3 is 3.07 bits per heavy atom. The van der Waals surface area contributed by atoms with Crippen LogP contribution >= 0.6 is 22.9 Å². The molecule has 0 fully saturated rings. The van der Waals surface area contributed by atoms with Crippen LogP contribution in [0.1, 0.15) is 5.56 Å². The van der Waals surface area contributed by atoms with Crippen LogP contribution in [0, 0.1) is 6.92 Å². The number of aromatic nitrogens is 1. The Balaban J connectivity index is 2.61. The normalized spacial score (nSPS) is 11.6. The van der Waals surface area contributed by atoms with Crippen LogP contribution in [0.2, 0.25) is 5.02 Å². The zero-order valence-electron chi connectivity index (χ0n) is 7.60. The minimum atomic E-state index is 0.795. The van der Waals surface area contributed by atoms with Crippen molar-refractivity contribution < 1.29 is 0 Å². The Labute approximate surface area is 90.3 Å². The third-order valence-electron chi connectivity index (χ3n) is 2.47. The number of fused-ring (bicyclic) bond motifs is 3. The molecule has 3 aromatic rings. The molecule has 14 heavy (non-hydrogen) atoms. The van der Waals surface area contributed by atoms with Crippen LogP contribution in [0.3, 0.4) is 0 Å². The largest absolute Gasteiger partial charge is 0.346 e. The van der Waals surface area contributed by atoms with Gasteiger partial charge in [-0.25, -0.2) is 0 Å². The number of hydrogen-bond donors (Lipinski definition) is 1. The van der Waals surface area contributed by atoms with E-state index in [1.165, 1.54) is 26.7 Å². The van der Waals surface area contributed by atoms with Crippen LogP contribution in [0.15, 0.2) is 23.6 Å². The molecule has 0 amide bonds. The molecule has 0 bridgehead atoms. The fraction of sp³-hybridized carbons (Fsp3) is 0.0909. The van der Waals surface area contributed by atoms with E-state index in [2.05, 4.69) is 17.3 Å². The van der Waals surface area contributed by atoms with Gasteiger partial charge in [-0.1, -0.05) is 11.6 Å². The molecule has 0 atom stereocenters. The number of thiophene rings is 1. The third-order valence-corrected chi connectivity index (χ3v) is 3.72. The highest BCUT2D eigenvalue weighted by Gasteiger charge is 2.08. The van der Waals surface area contributed by atoms with E-state index in [0.29, 0.717) is 0 Å². The van der Waals surface area contributed by atoms with Crippen molar-refractivity contribution in [2.45, 2.75) is 6.92 Å². The smallest absolute Gasteiger partial charge is 0.101 e. The summed E-state index contributed by atoms with van der Waals surface area (Å²) in [5.74, 6) is 0. The highest BCUT2D eigenvalue weighted by Crippen LogP contribution is 2.33. The standard InChI is InChI=1S/C11H8ClNS/c1-6-5-14-11-10(6)8-4-7(12)2-3-9(8)13-11/h2-5,13H,1H3. The van der Waals surface area contributed by atoms with Crippen LogP contribution in [-0.2, 0) is 0 Å². The van der Waals surface area contributed by atoms with Gasteiger partial charge in [0.2, 0.25) is 0 Å². The molecule has 3 heteroatoms. The highest BCUT2D eigenvalue weighted by atomic mass is 35.5. The van der Waals surface area contributed by atoms with Gasteiger partial charge in [0.1, 0.15) is 4.83 Å². The third kappa shape index (κ3) is 1.01. The fourth-order valence-corrected chi connectivity index (χ4v) is 2.97. The maximum atomic E-state index is 5.98. The van der Waals surface area contributed by atoms with Gasteiger partial charge in [0.15, 0.2) is 0 Å². The van der Waals surface area contributed by atoms with E-state index in [4.69, 9.17) is 11.6 Å². The van der Waals surface area contributed by atoms with Crippen molar-refractivity contribution in [3.63, 3.8) is 0 Å². The second-order valence-corrected chi connectivity index (χ2v) is 4.75. The molecule has 0 aliphatic rings. The zero-order chi connectivity index (χ0) is 9.71. The molecule has 2 heterocycles. The number of aromatic amines is 1. The van der Waals surface area contributed by atoms with E-state index in [9.17, 15) is 0 Å². The van der Waals surface area contributed by atoms with Crippen molar-refractivity contribution in [3.8, 4) is 0 Å². The minimum Gasteiger partial charge on any atom is -0.346 e. The van der Waals surface area contributed by atoms with Gasteiger partial charge in [-0.05, 0) is 36.1 Å². The van der Waals surface area contributed by atoms with E-state index >= 15 is 0 Å². The van der Waals surface area contributed by atoms with Crippen LogP contribution in [0.4, 0.5) is 0 Å².